The number of nitrogens with zero attached hydrogens (tertiary/aromatic N) is 1. The summed E-state index contributed by atoms with van der Waals surface area (Å²) >= 11 is 0. The largest absolute Gasteiger partial charge is 0.488 e. The van der Waals surface area contributed by atoms with Crippen LogP contribution in [0.2, 0.25) is 0 Å². The molecule has 2 aliphatic heterocycles. The van der Waals surface area contributed by atoms with E-state index in [1.54, 1.807) is 4.90 Å². The Morgan fingerprint density at radius 2 is 1.92 bits per heavy atom. The monoisotopic (exact) mass is 321 g/mol. The van der Waals surface area contributed by atoms with Gasteiger partial charge in [-0.05, 0) is 29.7 Å². The summed E-state index contributed by atoms with van der Waals surface area (Å²) in [6, 6.07) is 15.5. The van der Waals surface area contributed by atoms with Gasteiger partial charge in [-0.15, -0.1) is 0 Å². The van der Waals surface area contributed by atoms with Gasteiger partial charge in [0.05, 0.1) is 11.7 Å². The molecule has 2 heterocycles. The third-order valence-electron chi connectivity index (χ3n) is 4.64. The van der Waals surface area contributed by atoms with E-state index in [2.05, 4.69) is 0 Å². The highest BCUT2D eigenvalue weighted by atomic mass is 16.5. The number of para-hydroxylation sites is 1. The van der Waals surface area contributed by atoms with Crippen LogP contribution in [0.3, 0.4) is 0 Å². The Bertz CT molecular complexity index is 812. The Balaban J connectivity index is 1.61. The molecule has 122 valence electrons. The van der Waals surface area contributed by atoms with Gasteiger partial charge in [-0.25, -0.2) is 0 Å². The number of aliphatic hydroxyl groups excluding tert-OH is 1. The molecule has 0 bridgehead atoms. The molecular formula is C20H19NO3. The molecule has 2 aliphatic rings. The van der Waals surface area contributed by atoms with Crippen molar-refractivity contribution in [2.75, 3.05) is 13.2 Å². The van der Waals surface area contributed by atoms with Crippen LogP contribution in [-0.2, 0) is 11.3 Å². The Morgan fingerprint density at radius 3 is 2.83 bits per heavy atom. The van der Waals surface area contributed by atoms with Gasteiger partial charge in [0, 0.05) is 18.7 Å². The van der Waals surface area contributed by atoms with Gasteiger partial charge in [-0.1, -0.05) is 42.5 Å². The van der Waals surface area contributed by atoms with Crippen LogP contribution in [0.25, 0.3) is 6.08 Å². The van der Waals surface area contributed by atoms with Crippen molar-refractivity contribution in [1.82, 2.24) is 4.90 Å². The molecule has 0 radical (unpaired) electrons. The lowest BCUT2D eigenvalue weighted by molar-refractivity contribution is -0.128. The topological polar surface area (TPSA) is 49.8 Å². The fraction of sp³-hybridized carbons (Fsp3) is 0.250. The Kier molecular flexibility index (Phi) is 3.82. The second-order valence-corrected chi connectivity index (χ2v) is 6.23. The maximum Gasteiger partial charge on any atom is 0.253 e. The van der Waals surface area contributed by atoms with Gasteiger partial charge < -0.3 is 14.7 Å². The molecule has 0 aliphatic carbocycles. The molecule has 0 saturated carbocycles. The predicted octanol–water partition coefficient (Wildman–Crippen LogP) is 2.93. The van der Waals surface area contributed by atoms with Gasteiger partial charge >= 0.3 is 0 Å². The van der Waals surface area contributed by atoms with Crippen LogP contribution in [0.15, 0.2) is 54.1 Å². The molecule has 1 N–H and O–H groups in total. The second-order valence-electron chi connectivity index (χ2n) is 6.23. The molecule has 0 spiro atoms. The van der Waals surface area contributed by atoms with Crippen molar-refractivity contribution in [3.8, 4) is 5.75 Å². The summed E-state index contributed by atoms with van der Waals surface area (Å²) in [5.74, 6) is 0.791. The highest BCUT2D eigenvalue weighted by Gasteiger charge is 2.26. The minimum atomic E-state index is -0.517. The fourth-order valence-electron chi connectivity index (χ4n) is 3.34. The van der Waals surface area contributed by atoms with E-state index in [1.165, 1.54) is 0 Å². The molecule has 1 unspecified atom stereocenters. The number of ether oxygens (including phenoxy) is 1. The van der Waals surface area contributed by atoms with Crippen molar-refractivity contribution in [2.24, 2.45) is 0 Å². The van der Waals surface area contributed by atoms with Crippen LogP contribution >= 0.6 is 0 Å². The first-order valence-corrected chi connectivity index (χ1v) is 8.20. The van der Waals surface area contributed by atoms with Gasteiger partial charge in [0.2, 0.25) is 0 Å². The molecule has 1 atom stereocenters. The first-order valence-electron chi connectivity index (χ1n) is 8.20. The molecule has 1 amide bonds. The van der Waals surface area contributed by atoms with E-state index in [0.717, 1.165) is 22.4 Å². The molecule has 2 aromatic rings. The van der Waals surface area contributed by atoms with E-state index in [0.29, 0.717) is 25.1 Å². The lowest BCUT2D eigenvalue weighted by atomic mass is 10.0. The van der Waals surface area contributed by atoms with Crippen molar-refractivity contribution < 1.29 is 14.6 Å². The summed E-state index contributed by atoms with van der Waals surface area (Å²) in [6.45, 7) is 1.34. The number of carbonyl (C=O) groups is 1. The number of hydrogen-bond acceptors (Lipinski definition) is 3. The van der Waals surface area contributed by atoms with E-state index < -0.39 is 6.10 Å². The minimum absolute atomic E-state index is 0.0200. The zero-order valence-corrected chi connectivity index (χ0v) is 13.3. The van der Waals surface area contributed by atoms with Crippen LogP contribution in [0, 0.1) is 0 Å². The third kappa shape index (κ3) is 2.69. The predicted molar refractivity (Wildman–Crippen MR) is 91.3 cm³/mol. The first-order chi connectivity index (χ1) is 11.7. The summed E-state index contributed by atoms with van der Waals surface area (Å²) in [7, 11) is 0. The van der Waals surface area contributed by atoms with Crippen molar-refractivity contribution in [3.05, 3.63) is 70.8 Å². The van der Waals surface area contributed by atoms with Crippen LogP contribution < -0.4 is 4.74 Å². The molecule has 2 aromatic carbocycles. The van der Waals surface area contributed by atoms with Gasteiger partial charge in [0.15, 0.2) is 0 Å². The normalized spacial score (nSPS) is 19.5. The van der Waals surface area contributed by atoms with E-state index in [1.807, 2.05) is 54.6 Å². The molecule has 24 heavy (non-hydrogen) atoms. The van der Waals surface area contributed by atoms with E-state index in [4.69, 9.17) is 4.74 Å². The quantitative estimate of drug-likeness (QED) is 0.878. The van der Waals surface area contributed by atoms with Crippen LogP contribution in [0.5, 0.6) is 5.75 Å². The lowest BCUT2D eigenvalue weighted by Gasteiger charge is -2.24. The SMILES string of the molecule is O=C(C1=Cc2ccccc2OC1)N1CCC(O)c2ccccc2C1. The third-order valence-corrected chi connectivity index (χ3v) is 4.64. The van der Waals surface area contributed by atoms with Gasteiger partial charge in [-0.3, -0.25) is 4.79 Å². The van der Waals surface area contributed by atoms with Crippen LogP contribution in [0.1, 0.15) is 29.2 Å². The molecule has 0 fully saturated rings. The van der Waals surface area contributed by atoms with E-state index in [9.17, 15) is 9.90 Å². The zero-order valence-electron chi connectivity index (χ0n) is 13.3. The number of aliphatic hydroxyl groups is 1. The maximum absolute atomic E-state index is 12.9. The fourth-order valence-corrected chi connectivity index (χ4v) is 3.34. The number of amides is 1. The Morgan fingerprint density at radius 1 is 1.12 bits per heavy atom. The van der Waals surface area contributed by atoms with Crippen molar-refractivity contribution in [3.63, 3.8) is 0 Å². The highest BCUT2D eigenvalue weighted by molar-refractivity contribution is 5.99. The molecule has 4 heteroatoms. The molecule has 0 aromatic heterocycles. The summed E-state index contributed by atoms with van der Waals surface area (Å²) in [5.41, 5.74) is 3.52. The Labute approximate surface area is 141 Å². The summed E-state index contributed by atoms with van der Waals surface area (Å²) in [5, 5.41) is 10.3. The average molecular weight is 321 g/mol. The molecule has 4 rings (SSSR count). The van der Waals surface area contributed by atoms with E-state index in [-0.39, 0.29) is 12.5 Å². The second kappa shape index (κ2) is 6.13. The number of hydrogen-bond donors (Lipinski definition) is 1. The number of carbonyl (C=O) groups excluding carboxylic acids is 1. The van der Waals surface area contributed by atoms with Crippen molar-refractivity contribution >= 4 is 12.0 Å². The van der Waals surface area contributed by atoms with Gasteiger partial charge in [-0.2, -0.15) is 0 Å². The average Bonchev–Trinajstić information content (AvgIpc) is 2.80. The summed E-state index contributed by atoms with van der Waals surface area (Å²) in [4.78, 5) is 14.7. The Hall–Kier alpha value is -2.59. The number of rotatable bonds is 1. The summed E-state index contributed by atoms with van der Waals surface area (Å²) < 4.78 is 5.70. The summed E-state index contributed by atoms with van der Waals surface area (Å²) in [6.07, 6.45) is 1.94. The van der Waals surface area contributed by atoms with Crippen LogP contribution in [0.4, 0.5) is 0 Å². The van der Waals surface area contributed by atoms with Gasteiger partial charge in [0.1, 0.15) is 12.4 Å². The van der Waals surface area contributed by atoms with Crippen molar-refractivity contribution in [1.29, 1.82) is 0 Å². The van der Waals surface area contributed by atoms with Crippen molar-refractivity contribution in [2.45, 2.75) is 19.1 Å². The number of benzene rings is 2. The standard InChI is InChI=1S/C20H19NO3/c22-18-9-10-21(12-15-6-1-3-7-17(15)18)20(23)16-11-14-5-2-4-8-19(14)24-13-16/h1-8,11,18,22H,9-10,12-13H2. The number of fused-ring (bicyclic) bond motifs is 2. The maximum atomic E-state index is 12.9. The molecular weight excluding hydrogens is 302 g/mol. The van der Waals surface area contributed by atoms with E-state index >= 15 is 0 Å². The first kappa shape index (κ1) is 15.0. The minimum Gasteiger partial charge on any atom is -0.488 e. The zero-order chi connectivity index (χ0) is 16.5. The molecule has 4 nitrogen and oxygen atoms in total. The highest BCUT2D eigenvalue weighted by Crippen LogP contribution is 2.29. The van der Waals surface area contributed by atoms with Crippen LogP contribution in [-0.4, -0.2) is 29.1 Å². The smallest absolute Gasteiger partial charge is 0.253 e. The lowest BCUT2D eigenvalue weighted by Crippen LogP contribution is -2.34. The van der Waals surface area contributed by atoms with Gasteiger partial charge in [0.25, 0.3) is 5.91 Å². The molecule has 0 saturated heterocycles.